The van der Waals surface area contributed by atoms with Crippen LogP contribution in [0.5, 0.6) is 0 Å². The lowest BCUT2D eigenvalue weighted by atomic mass is 10.2. The molecule has 18 heavy (non-hydrogen) atoms. The highest BCUT2D eigenvalue weighted by Gasteiger charge is 2.28. The van der Waals surface area contributed by atoms with Gasteiger partial charge in [0, 0.05) is 19.6 Å². The van der Waals surface area contributed by atoms with Crippen LogP contribution in [0.2, 0.25) is 0 Å². The quantitative estimate of drug-likeness (QED) is 0.722. The third-order valence-electron chi connectivity index (χ3n) is 3.53. The number of urea groups is 1. The molecule has 0 aromatic heterocycles. The molecule has 2 amide bonds. The predicted octanol–water partition coefficient (Wildman–Crippen LogP) is 0.969. The molecular formula is C12H21N3O2S. The Bertz CT molecular complexity index is 316. The molecule has 1 atom stereocenters. The zero-order chi connectivity index (χ0) is 13.0. The Balaban J connectivity index is 1.92. The maximum Gasteiger partial charge on any atom is 0.320 e. The van der Waals surface area contributed by atoms with E-state index in [1.54, 1.807) is 0 Å². The van der Waals surface area contributed by atoms with Crippen molar-refractivity contribution in [2.45, 2.75) is 31.8 Å². The second kappa shape index (κ2) is 6.33. The van der Waals surface area contributed by atoms with E-state index in [1.165, 1.54) is 12.8 Å². The molecule has 0 aromatic rings. The molecule has 0 radical (unpaired) electrons. The van der Waals surface area contributed by atoms with E-state index in [-0.39, 0.29) is 12.1 Å². The number of amides is 2. The largest absolute Gasteiger partial charge is 0.391 e. The van der Waals surface area contributed by atoms with Crippen LogP contribution >= 0.6 is 12.2 Å². The Kier molecular flexibility index (Phi) is 4.77. The molecule has 0 bridgehead atoms. The summed E-state index contributed by atoms with van der Waals surface area (Å²) in [7, 11) is 0. The van der Waals surface area contributed by atoms with Gasteiger partial charge in [-0.25, -0.2) is 4.79 Å². The van der Waals surface area contributed by atoms with Gasteiger partial charge in [-0.3, -0.25) is 0 Å². The first-order chi connectivity index (χ1) is 8.68. The van der Waals surface area contributed by atoms with Gasteiger partial charge >= 0.3 is 6.03 Å². The molecule has 0 saturated carbocycles. The summed E-state index contributed by atoms with van der Waals surface area (Å²) in [6.45, 7) is 3.38. The fraction of sp³-hybridized carbons (Fsp3) is 0.833. The van der Waals surface area contributed by atoms with E-state index in [9.17, 15) is 4.79 Å². The second-order valence-electron chi connectivity index (χ2n) is 4.89. The number of hydrogen-bond donors (Lipinski definition) is 1. The summed E-state index contributed by atoms with van der Waals surface area (Å²) in [5.74, 6) is 0. The maximum absolute atomic E-state index is 12.4. The van der Waals surface area contributed by atoms with Crippen LogP contribution in [0.25, 0.3) is 0 Å². The van der Waals surface area contributed by atoms with E-state index in [0.717, 1.165) is 25.9 Å². The number of morpholine rings is 1. The second-order valence-corrected chi connectivity index (χ2v) is 5.36. The van der Waals surface area contributed by atoms with E-state index in [1.807, 2.05) is 9.80 Å². The lowest BCUT2D eigenvalue weighted by molar-refractivity contribution is 0.0154. The molecule has 2 rings (SSSR count). The number of likely N-dealkylation sites (tertiary alicyclic amines) is 1. The van der Waals surface area contributed by atoms with Crippen molar-refractivity contribution >= 4 is 23.2 Å². The highest BCUT2D eigenvalue weighted by molar-refractivity contribution is 7.80. The molecule has 6 heteroatoms. The summed E-state index contributed by atoms with van der Waals surface area (Å²) >= 11 is 4.93. The van der Waals surface area contributed by atoms with Gasteiger partial charge in [0.1, 0.15) is 11.1 Å². The van der Waals surface area contributed by atoms with E-state index < -0.39 is 0 Å². The van der Waals surface area contributed by atoms with Gasteiger partial charge in [0.2, 0.25) is 0 Å². The maximum atomic E-state index is 12.4. The topological polar surface area (TPSA) is 58.8 Å². The zero-order valence-corrected chi connectivity index (χ0v) is 11.5. The summed E-state index contributed by atoms with van der Waals surface area (Å²) in [4.78, 5) is 16.5. The average Bonchev–Trinajstić information content (AvgIpc) is 2.67. The van der Waals surface area contributed by atoms with Gasteiger partial charge < -0.3 is 20.3 Å². The van der Waals surface area contributed by atoms with Crippen molar-refractivity contribution in [3.63, 3.8) is 0 Å². The van der Waals surface area contributed by atoms with Gasteiger partial charge in [-0.1, -0.05) is 25.1 Å². The van der Waals surface area contributed by atoms with Crippen LogP contribution in [-0.2, 0) is 4.74 Å². The van der Waals surface area contributed by atoms with Crippen molar-refractivity contribution in [1.82, 2.24) is 9.80 Å². The van der Waals surface area contributed by atoms with E-state index in [4.69, 9.17) is 22.7 Å². The number of nitrogens with two attached hydrogens (primary N) is 1. The van der Waals surface area contributed by atoms with Crippen LogP contribution in [0.3, 0.4) is 0 Å². The van der Waals surface area contributed by atoms with E-state index in [0.29, 0.717) is 24.7 Å². The SMILES string of the molecule is NC(=S)C1CN(C(=O)N2CCCCCC2)CCO1. The summed E-state index contributed by atoms with van der Waals surface area (Å²) in [6.07, 6.45) is 4.37. The fourth-order valence-corrected chi connectivity index (χ4v) is 2.60. The molecular weight excluding hydrogens is 250 g/mol. The minimum Gasteiger partial charge on any atom is -0.391 e. The van der Waals surface area contributed by atoms with Gasteiger partial charge in [0.15, 0.2) is 0 Å². The summed E-state index contributed by atoms with van der Waals surface area (Å²) in [6, 6.07) is 0.112. The Labute approximate surface area is 113 Å². The van der Waals surface area contributed by atoms with Crippen LogP contribution in [0, 0.1) is 0 Å². The lowest BCUT2D eigenvalue weighted by Gasteiger charge is -2.35. The smallest absolute Gasteiger partial charge is 0.320 e. The molecule has 0 aromatic carbocycles. The highest BCUT2D eigenvalue weighted by Crippen LogP contribution is 2.14. The average molecular weight is 271 g/mol. The fourth-order valence-electron chi connectivity index (χ4n) is 2.46. The van der Waals surface area contributed by atoms with Crippen molar-refractivity contribution in [2.75, 3.05) is 32.8 Å². The minimum atomic E-state index is -0.287. The van der Waals surface area contributed by atoms with Gasteiger partial charge in [0.25, 0.3) is 0 Å². The highest BCUT2D eigenvalue weighted by atomic mass is 32.1. The molecule has 0 aliphatic carbocycles. The Hall–Kier alpha value is -0.880. The summed E-state index contributed by atoms with van der Waals surface area (Å²) < 4.78 is 5.45. The van der Waals surface area contributed by atoms with Crippen LogP contribution in [0.1, 0.15) is 25.7 Å². The zero-order valence-electron chi connectivity index (χ0n) is 10.6. The molecule has 2 aliphatic heterocycles. The monoisotopic (exact) mass is 271 g/mol. The summed E-state index contributed by atoms with van der Waals surface area (Å²) in [5.41, 5.74) is 5.59. The van der Waals surface area contributed by atoms with Crippen LogP contribution < -0.4 is 5.73 Å². The van der Waals surface area contributed by atoms with Crippen molar-refractivity contribution in [2.24, 2.45) is 5.73 Å². The number of nitrogens with zero attached hydrogens (tertiary/aromatic N) is 2. The Morgan fingerprint density at radius 3 is 2.39 bits per heavy atom. The first kappa shape index (κ1) is 13.5. The van der Waals surface area contributed by atoms with Gasteiger partial charge in [-0.2, -0.15) is 0 Å². The van der Waals surface area contributed by atoms with E-state index >= 15 is 0 Å². The molecule has 2 aliphatic rings. The number of ether oxygens (including phenoxy) is 1. The van der Waals surface area contributed by atoms with Crippen molar-refractivity contribution in [3.8, 4) is 0 Å². The summed E-state index contributed by atoms with van der Waals surface area (Å²) in [5, 5.41) is 0. The molecule has 1 unspecified atom stereocenters. The first-order valence-corrected chi connectivity index (χ1v) is 7.04. The van der Waals surface area contributed by atoms with Crippen molar-refractivity contribution in [3.05, 3.63) is 0 Å². The Morgan fingerprint density at radius 1 is 1.11 bits per heavy atom. The molecule has 2 saturated heterocycles. The number of rotatable bonds is 1. The molecule has 5 nitrogen and oxygen atoms in total. The number of carbonyl (C=O) groups excluding carboxylic acids is 1. The lowest BCUT2D eigenvalue weighted by Crippen LogP contribution is -2.53. The Morgan fingerprint density at radius 2 is 1.78 bits per heavy atom. The van der Waals surface area contributed by atoms with Crippen LogP contribution in [0.15, 0.2) is 0 Å². The van der Waals surface area contributed by atoms with Crippen molar-refractivity contribution in [1.29, 1.82) is 0 Å². The molecule has 2 heterocycles. The van der Waals surface area contributed by atoms with Crippen LogP contribution in [0.4, 0.5) is 4.79 Å². The van der Waals surface area contributed by atoms with E-state index in [2.05, 4.69) is 0 Å². The third-order valence-corrected chi connectivity index (χ3v) is 3.79. The first-order valence-electron chi connectivity index (χ1n) is 6.63. The van der Waals surface area contributed by atoms with Gasteiger partial charge in [-0.05, 0) is 12.8 Å². The number of thiocarbonyl (C=S) groups is 1. The third kappa shape index (κ3) is 3.32. The molecule has 2 fully saturated rings. The normalized spacial score (nSPS) is 25.7. The minimum absolute atomic E-state index is 0.112. The van der Waals surface area contributed by atoms with Gasteiger partial charge in [-0.15, -0.1) is 0 Å². The van der Waals surface area contributed by atoms with Crippen molar-refractivity contribution < 1.29 is 9.53 Å². The van der Waals surface area contributed by atoms with Gasteiger partial charge in [0.05, 0.1) is 13.2 Å². The van der Waals surface area contributed by atoms with Crippen LogP contribution in [-0.4, -0.2) is 59.7 Å². The standard InChI is InChI=1S/C12H21N3O2S/c13-11(18)10-9-15(7-8-17-10)12(16)14-5-3-1-2-4-6-14/h10H,1-9H2,(H2,13,18). The predicted molar refractivity (Wildman–Crippen MR) is 73.5 cm³/mol. The molecule has 0 spiro atoms. The molecule has 102 valence electrons. The molecule has 2 N–H and O–H groups in total. The number of hydrogen-bond acceptors (Lipinski definition) is 3. The number of carbonyl (C=O) groups is 1.